The van der Waals surface area contributed by atoms with E-state index >= 15 is 0 Å². The van der Waals surface area contributed by atoms with Crippen LogP contribution >= 0.6 is 11.3 Å². The van der Waals surface area contributed by atoms with E-state index in [0.717, 1.165) is 32.5 Å². The molecule has 1 N–H and O–H groups in total. The van der Waals surface area contributed by atoms with Crippen LogP contribution in [0.15, 0.2) is 46.9 Å². The predicted octanol–water partition coefficient (Wildman–Crippen LogP) is 2.09. The third-order valence-electron chi connectivity index (χ3n) is 3.73. The molecular formula is C15H19N3O2S2. The van der Waals surface area contributed by atoms with Gasteiger partial charge in [-0.05, 0) is 43.0 Å². The molecule has 2 aromatic heterocycles. The van der Waals surface area contributed by atoms with Gasteiger partial charge in [-0.1, -0.05) is 6.07 Å². The van der Waals surface area contributed by atoms with Crippen LogP contribution in [0.1, 0.15) is 17.7 Å². The zero-order valence-electron chi connectivity index (χ0n) is 12.2. The van der Waals surface area contributed by atoms with Gasteiger partial charge in [0.1, 0.15) is 4.90 Å². The van der Waals surface area contributed by atoms with Crippen molar-refractivity contribution in [1.29, 1.82) is 0 Å². The van der Waals surface area contributed by atoms with E-state index in [2.05, 4.69) is 26.1 Å². The molecule has 5 nitrogen and oxygen atoms in total. The van der Waals surface area contributed by atoms with E-state index in [-0.39, 0.29) is 10.9 Å². The third kappa shape index (κ3) is 3.92. The zero-order chi connectivity index (χ0) is 15.4. The Morgan fingerprint density at radius 3 is 3.00 bits per heavy atom. The van der Waals surface area contributed by atoms with Crippen molar-refractivity contribution >= 4 is 21.4 Å². The van der Waals surface area contributed by atoms with Gasteiger partial charge in [0.15, 0.2) is 0 Å². The number of hydrogen-bond donors (Lipinski definition) is 1. The van der Waals surface area contributed by atoms with Crippen LogP contribution in [0.5, 0.6) is 0 Å². The topological polar surface area (TPSA) is 62.3 Å². The molecule has 0 aromatic carbocycles. The summed E-state index contributed by atoms with van der Waals surface area (Å²) >= 11 is 1.74. The quantitative estimate of drug-likeness (QED) is 0.907. The number of sulfonamides is 1. The second-order valence-electron chi connectivity index (χ2n) is 5.46. The van der Waals surface area contributed by atoms with E-state index in [9.17, 15) is 8.42 Å². The summed E-state index contributed by atoms with van der Waals surface area (Å²) in [4.78, 5) is 7.73. The molecule has 1 saturated heterocycles. The summed E-state index contributed by atoms with van der Waals surface area (Å²) in [6.45, 7) is 2.66. The van der Waals surface area contributed by atoms with Crippen molar-refractivity contribution in [2.24, 2.45) is 0 Å². The fourth-order valence-corrected chi connectivity index (χ4v) is 4.68. The second kappa shape index (κ2) is 6.87. The summed E-state index contributed by atoms with van der Waals surface area (Å²) in [7, 11) is -3.48. The van der Waals surface area contributed by atoms with Crippen molar-refractivity contribution in [2.45, 2.75) is 30.3 Å². The van der Waals surface area contributed by atoms with Gasteiger partial charge in [0.25, 0.3) is 0 Å². The molecule has 22 heavy (non-hydrogen) atoms. The number of hydrogen-bond acceptors (Lipinski definition) is 5. The Balaban J connectivity index is 1.63. The number of nitrogens with one attached hydrogen (secondary N) is 1. The third-order valence-corrected chi connectivity index (χ3v) is 6.10. The molecular weight excluding hydrogens is 318 g/mol. The number of aromatic nitrogens is 1. The highest BCUT2D eigenvalue weighted by Crippen LogP contribution is 2.18. The van der Waals surface area contributed by atoms with Crippen LogP contribution in [0.4, 0.5) is 0 Å². The van der Waals surface area contributed by atoms with E-state index in [4.69, 9.17) is 0 Å². The van der Waals surface area contributed by atoms with Gasteiger partial charge in [-0.25, -0.2) is 13.1 Å². The smallest absolute Gasteiger partial charge is 0.242 e. The average molecular weight is 337 g/mol. The fourth-order valence-electron chi connectivity index (χ4n) is 2.71. The number of likely N-dealkylation sites (tertiary alicyclic amines) is 1. The lowest BCUT2D eigenvalue weighted by atomic mass is 10.1. The Morgan fingerprint density at radius 2 is 2.27 bits per heavy atom. The molecule has 0 spiro atoms. The first-order valence-electron chi connectivity index (χ1n) is 7.30. The van der Waals surface area contributed by atoms with Gasteiger partial charge in [-0.2, -0.15) is 0 Å². The van der Waals surface area contributed by atoms with Crippen molar-refractivity contribution in [3.63, 3.8) is 0 Å². The highest BCUT2D eigenvalue weighted by Gasteiger charge is 2.25. The van der Waals surface area contributed by atoms with E-state index in [1.807, 2.05) is 6.07 Å². The number of thiophene rings is 1. The van der Waals surface area contributed by atoms with Gasteiger partial charge < -0.3 is 0 Å². The molecule has 0 aliphatic carbocycles. The molecule has 1 fully saturated rings. The van der Waals surface area contributed by atoms with Crippen LogP contribution in [0.3, 0.4) is 0 Å². The molecule has 0 saturated carbocycles. The molecule has 0 amide bonds. The largest absolute Gasteiger partial charge is 0.297 e. The summed E-state index contributed by atoms with van der Waals surface area (Å²) in [5, 5.41) is 2.07. The fraction of sp³-hybridized carbons (Fsp3) is 0.400. The molecule has 1 atom stereocenters. The molecule has 3 rings (SSSR count). The summed E-state index contributed by atoms with van der Waals surface area (Å²) in [5.41, 5.74) is 0. The van der Waals surface area contributed by atoms with Gasteiger partial charge in [-0.3, -0.25) is 9.88 Å². The van der Waals surface area contributed by atoms with Crippen LogP contribution in [0, 0.1) is 0 Å². The van der Waals surface area contributed by atoms with Crippen LogP contribution in [-0.2, 0) is 16.6 Å². The summed E-state index contributed by atoms with van der Waals surface area (Å²) in [6, 6.07) is 7.33. The Morgan fingerprint density at radius 1 is 1.36 bits per heavy atom. The van der Waals surface area contributed by atoms with Crippen molar-refractivity contribution in [2.75, 3.05) is 13.1 Å². The molecule has 118 valence electrons. The van der Waals surface area contributed by atoms with E-state index in [1.54, 1.807) is 29.7 Å². The first kappa shape index (κ1) is 15.6. The van der Waals surface area contributed by atoms with E-state index in [0.29, 0.717) is 0 Å². The molecule has 2 aromatic rings. The van der Waals surface area contributed by atoms with E-state index < -0.39 is 10.0 Å². The molecule has 0 bridgehead atoms. The maximum Gasteiger partial charge on any atom is 0.242 e. The Labute approximate surface area is 135 Å². The Bertz CT molecular complexity index is 687. The maximum atomic E-state index is 12.4. The number of pyridine rings is 1. The molecule has 3 heterocycles. The number of nitrogens with zero attached hydrogens (tertiary/aromatic N) is 2. The Kier molecular flexibility index (Phi) is 4.87. The van der Waals surface area contributed by atoms with E-state index in [1.165, 1.54) is 11.1 Å². The summed E-state index contributed by atoms with van der Waals surface area (Å²) < 4.78 is 27.5. The van der Waals surface area contributed by atoms with Gasteiger partial charge in [0, 0.05) is 36.4 Å². The minimum atomic E-state index is -3.48. The first-order valence-corrected chi connectivity index (χ1v) is 9.67. The molecule has 7 heteroatoms. The minimum Gasteiger partial charge on any atom is -0.297 e. The number of rotatable bonds is 5. The molecule has 1 aliphatic heterocycles. The maximum absolute atomic E-state index is 12.4. The van der Waals surface area contributed by atoms with Crippen molar-refractivity contribution < 1.29 is 8.42 Å². The average Bonchev–Trinajstić information content (AvgIpc) is 3.01. The molecule has 1 unspecified atom stereocenters. The van der Waals surface area contributed by atoms with Crippen LogP contribution in [0.2, 0.25) is 0 Å². The second-order valence-corrected chi connectivity index (χ2v) is 8.21. The van der Waals surface area contributed by atoms with Crippen LogP contribution < -0.4 is 4.72 Å². The Hall–Kier alpha value is -1.28. The molecule has 0 radical (unpaired) electrons. The van der Waals surface area contributed by atoms with Crippen molar-refractivity contribution in [1.82, 2.24) is 14.6 Å². The normalized spacial score (nSPS) is 20.1. The lowest BCUT2D eigenvalue weighted by Crippen LogP contribution is -2.47. The minimum absolute atomic E-state index is 0.0427. The monoisotopic (exact) mass is 337 g/mol. The lowest BCUT2D eigenvalue weighted by molar-refractivity contribution is 0.196. The predicted molar refractivity (Wildman–Crippen MR) is 87.2 cm³/mol. The van der Waals surface area contributed by atoms with Crippen LogP contribution in [-0.4, -0.2) is 37.4 Å². The summed E-state index contributed by atoms with van der Waals surface area (Å²) in [5.74, 6) is 0. The lowest BCUT2D eigenvalue weighted by Gasteiger charge is -2.32. The summed E-state index contributed by atoms with van der Waals surface area (Å²) in [6.07, 6.45) is 4.84. The number of piperidine rings is 1. The highest BCUT2D eigenvalue weighted by atomic mass is 32.2. The van der Waals surface area contributed by atoms with Crippen LogP contribution in [0.25, 0.3) is 0 Å². The molecule has 1 aliphatic rings. The van der Waals surface area contributed by atoms with Gasteiger partial charge in [-0.15, -0.1) is 11.3 Å². The van der Waals surface area contributed by atoms with Gasteiger partial charge in [0.2, 0.25) is 10.0 Å². The zero-order valence-corrected chi connectivity index (χ0v) is 13.8. The van der Waals surface area contributed by atoms with Gasteiger partial charge in [0.05, 0.1) is 0 Å². The standard InChI is InChI=1S/C15H19N3O2S2/c19-22(20,15-6-1-7-16-10-15)17-13-4-2-8-18(11-13)12-14-5-3-9-21-14/h1,3,5-7,9-10,13,17H,2,4,8,11-12H2. The first-order chi connectivity index (χ1) is 10.6. The SMILES string of the molecule is O=S(=O)(NC1CCCN(Cc2cccs2)C1)c1cccnc1. The van der Waals surface area contributed by atoms with Crippen molar-refractivity contribution in [3.05, 3.63) is 46.9 Å². The highest BCUT2D eigenvalue weighted by molar-refractivity contribution is 7.89. The van der Waals surface area contributed by atoms with Gasteiger partial charge >= 0.3 is 0 Å². The van der Waals surface area contributed by atoms with Crippen molar-refractivity contribution in [3.8, 4) is 0 Å².